The van der Waals surface area contributed by atoms with Gasteiger partial charge in [-0.3, -0.25) is 4.79 Å². The van der Waals surface area contributed by atoms with Crippen LogP contribution in [0.4, 0.5) is 0 Å². The van der Waals surface area contributed by atoms with Gasteiger partial charge < -0.3 is 19.7 Å². The van der Waals surface area contributed by atoms with Crippen LogP contribution in [-0.2, 0) is 6.54 Å². The molecule has 0 aliphatic rings. The molecule has 1 heterocycles. The van der Waals surface area contributed by atoms with E-state index in [-0.39, 0.29) is 16.9 Å². The molecule has 3 aromatic rings. The molecule has 0 bridgehead atoms. The standard InChI is InChI=1S/C21H22N2O4/c1-15(24)19-12-17-8-9-18(13-20(17)27-21(19)23-25)26-11-5-10-22-14-16-6-3-2-4-7-16/h2-4,6-9,12-13,22,25H,5,10-11,14H2,1H3. The van der Waals surface area contributed by atoms with Crippen molar-refractivity contribution >= 4 is 16.8 Å². The lowest BCUT2D eigenvalue weighted by molar-refractivity contribution is 0.101. The van der Waals surface area contributed by atoms with E-state index in [1.54, 1.807) is 12.1 Å². The van der Waals surface area contributed by atoms with Crippen LogP contribution in [0.25, 0.3) is 11.0 Å². The quantitative estimate of drug-likeness (QED) is 0.276. The third kappa shape index (κ3) is 4.95. The zero-order chi connectivity index (χ0) is 19.1. The highest BCUT2D eigenvalue weighted by Crippen LogP contribution is 2.21. The molecule has 0 amide bonds. The van der Waals surface area contributed by atoms with Gasteiger partial charge in [0.1, 0.15) is 11.3 Å². The number of Topliss-reactive ketones (excluding diaryl/α,β-unsaturated/α-hetero) is 1. The summed E-state index contributed by atoms with van der Waals surface area (Å²) in [7, 11) is 0. The molecule has 140 valence electrons. The second-order valence-electron chi connectivity index (χ2n) is 6.19. The normalized spacial score (nSPS) is 11.7. The highest BCUT2D eigenvalue weighted by atomic mass is 16.5. The third-order valence-corrected chi connectivity index (χ3v) is 4.13. The molecule has 0 radical (unpaired) electrons. The summed E-state index contributed by atoms with van der Waals surface area (Å²) in [6, 6.07) is 17.3. The van der Waals surface area contributed by atoms with E-state index in [1.807, 2.05) is 30.3 Å². The number of carbonyl (C=O) groups excluding carboxylic acids is 1. The Kier molecular flexibility index (Phi) is 6.22. The Bertz CT molecular complexity index is 980. The first-order valence-corrected chi connectivity index (χ1v) is 8.82. The molecule has 0 aliphatic carbocycles. The molecule has 1 aromatic heterocycles. The van der Waals surface area contributed by atoms with Crippen molar-refractivity contribution in [2.45, 2.75) is 19.9 Å². The molecule has 2 N–H and O–H groups in total. The summed E-state index contributed by atoms with van der Waals surface area (Å²) >= 11 is 0. The second-order valence-corrected chi connectivity index (χ2v) is 6.19. The van der Waals surface area contributed by atoms with Crippen LogP contribution in [0.2, 0.25) is 0 Å². The zero-order valence-corrected chi connectivity index (χ0v) is 15.1. The first-order chi connectivity index (χ1) is 13.2. The van der Waals surface area contributed by atoms with Gasteiger partial charge in [-0.25, -0.2) is 0 Å². The van der Waals surface area contributed by atoms with E-state index in [4.69, 9.17) is 14.4 Å². The number of hydrogen-bond donors (Lipinski definition) is 2. The number of fused-ring (bicyclic) bond motifs is 1. The first kappa shape index (κ1) is 18.7. The topological polar surface area (TPSA) is 84.1 Å². The van der Waals surface area contributed by atoms with Crippen molar-refractivity contribution in [3.05, 3.63) is 71.3 Å². The molecule has 0 aliphatic heterocycles. The van der Waals surface area contributed by atoms with Gasteiger partial charge in [-0.2, -0.15) is 0 Å². The summed E-state index contributed by atoms with van der Waals surface area (Å²) in [4.78, 5) is 11.6. The lowest BCUT2D eigenvalue weighted by Gasteiger charge is -2.08. The molecule has 3 rings (SSSR count). The fourth-order valence-corrected chi connectivity index (χ4v) is 2.73. The number of carbonyl (C=O) groups is 1. The van der Waals surface area contributed by atoms with Crippen LogP contribution >= 0.6 is 0 Å². The summed E-state index contributed by atoms with van der Waals surface area (Å²) in [5.41, 5.74) is 1.89. The minimum absolute atomic E-state index is 0.0998. The van der Waals surface area contributed by atoms with Gasteiger partial charge in [-0.15, -0.1) is 0 Å². The number of nitrogens with zero attached hydrogens (tertiary/aromatic N) is 1. The molecular weight excluding hydrogens is 344 g/mol. The van der Waals surface area contributed by atoms with Crippen molar-refractivity contribution in [3.63, 3.8) is 0 Å². The molecule has 0 saturated heterocycles. The predicted octanol–water partition coefficient (Wildman–Crippen LogP) is 3.48. The molecule has 0 atom stereocenters. The van der Waals surface area contributed by atoms with E-state index in [0.717, 1.165) is 24.9 Å². The maximum absolute atomic E-state index is 11.6. The highest BCUT2D eigenvalue weighted by molar-refractivity contribution is 5.96. The van der Waals surface area contributed by atoms with Crippen LogP contribution in [0.1, 0.15) is 29.3 Å². The Balaban J connectivity index is 1.54. The molecule has 27 heavy (non-hydrogen) atoms. The lowest BCUT2D eigenvalue weighted by atomic mass is 10.1. The SMILES string of the molecule is CC(=O)c1cc2ccc(OCCCNCc3ccccc3)cc2oc1=NO. The van der Waals surface area contributed by atoms with Crippen LogP contribution in [0, 0.1) is 0 Å². The lowest BCUT2D eigenvalue weighted by Crippen LogP contribution is -2.17. The van der Waals surface area contributed by atoms with Crippen molar-refractivity contribution in [1.29, 1.82) is 0 Å². The van der Waals surface area contributed by atoms with Crippen molar-refractivity contribution in [2.24, 2.45) is 5.16 Å². The van der Waals surface area contributed by atoms with Gasteiger partial charge in [0.25, 0.3) is 5.55 Å². The van der Waals surface area contributed by atoms with E-state index in [1.165, 1.54) is 12.5 Å². The average Bonchev–Trinajstić information content (AvgIpc) is 2.70. The smallest absolute Gasteiger partial charge is 0.266 e. The van der Waals surface area contributed by atoms with Crippen LogP contribution in [-0.4, -0.2) is 24.1 Å². The van der Waals surface area contributed by atoms with Crippen molar-refractivity contribution in [3.8, 4) is 5.75 Å². The zero-order valence-electron chi connectivity index (χ0n) is 15.1. The Hall–Kier alpha value is -3.12. The van der Waals surface area contributed by atoms with Gasteiger partial charge in [0, 0.05) is 18.0 Å². The number of ether oxygens (including phenoxy) is 1. The van der Waals surface area contributed by atoms with E-state index in [2.05, 4.69) is 22.6 Å². The fourth-order valence-electron chi connectivity index (χ4n) is 2.73. The number of nitrogens with one attached hydrogen (secondary N) is 1. The molecule has 0 saturated carbocycles. The summed E-state index contributed by atoms with van der Waals surface area (Å²) in [5.74, 6) is 0.436. The predicted molar refractivity (Wildman–Crippen MR) is 102 cm³/mol. The van der Waals surface area contributed by atoms with Crippen LogP contribution in [0.15, 0.2) is 64.2 Å². The molecule has 0 fully saturated rings. The summed E-state index contributed by atoms with van der Waals surface area (Å²) in [5, 5.41) is 16.2. The summed E-state index contributed by atoms with van der Waals surface area (Å²) in [6.45, 7) is 3.65. The highest BCUT2D eigenvalue weighted by Gasteiger charge is 2.09. The molecule has 0 unspecified atom stereocenters. The average molecular weight is 366 g/mol. The van der Waals surface area contributed by atoms with E-state index in [0.29, 0.717) is 17.9 Å². The van der Waals surface area contributed by atoms with Crippen LogP contribution in [0.5, 0.6) is 5.75 Å². The van der Waals surface area contributed by atoms with Crippen molar-refractivity contribution < 1.29 is 19.2 Å². The van der Waals surface area contributed by atoms with Crippen molar-refractivity contribution in [2.75, 3.05) is 13.2 Å². The minimum atomic E-state index is -0.225. The Morgan fingerprint density at radius 3 is 2.74 bits per heavy atom. The number of benzene rings is 2. The van der Waals surface area contributed by atoms with Gasteiger partial charge in [0.2, 0.25) is 0 Å². The molecule has 0 spiro atoms. The number of hydrogen-bond acceptors (Lipinski definition) is 6. The monoisotopic (exact) mass is 366 g/mol. The van der Waals surface area contributed by atoms with Gasteiger partial charge >= 0.3 is 0 Å². The number of rotatable bonds is 8. The minimum Gasteiger partial charge on any atom is -0.493 e. The fraction of sp³-hybridized carbons (Fsp3) is 0.238. The van der Waals surface area contributed by atoms with E-state index >= 15 is 0 Å². The summed E-state index contributed by atoms with van der Waals surface area (Å²) in [6.07, 6.45) is 0.864. The Morgan fingerprint density at radius 1 is 1.19 bits per heavy atom. The van der Waals surface area contributed by atoms with Crippen LogP contribution < -0.4 is 15.6 Å². The first-order valence-electron chi connectivity index (χ1n) is 8.82. The molecule has 2 aromatic carbocycles. The molecular formula is C21H22N2O4. The van der Waals surface area contributed by atoms with Gasteiger partial charge in [-0.05, 0) is 48.8 Å². The number of ketones is 1. The maximum atomic E-state index is 11.6. The maximum Gasteiger partial charge on any atom is 0.266 e. The largest absolute Gasteiger partial charge is 0.493 e. The Labute approximate surface area is 157 Å². The van der Waals surface area contributed by atoms with Gasteiger partial charge in [-0.1, -0.05) is 30.3 Å². The second kappa shape index (κ2) is 9.00. The molecule has 6 heteroatoms. The van der Waals surface area contributed by atoms with Gasteiger partial charge in [0.05, 0.1) is 12.2 Å². The van der Waals surface area contributed by atoms with Crippen LogP contribution in [0.3, 0.4) is 0 Å². The van der Waals surface area contributed by atoms with E-state index < -0.39 is 0 Å². The van der Waals surface area contributed by atoms with E-state index in [9.17, 15) is 4.79 Å². The summed E-state index contributed by atoms with van der Waals surface area (Å²) < 4.78 is 11.3. The van der Waals surface area contributed by atoms with Crippen molar-refractivity contribution in [1.82, 2.24) is 5.32 Å². The Morgan fingerprint density at radius 2 is 2.00 bits per heavy atom. The third-order valence-electron chi connectivity index (χ3n) is 4.13. The molecule has 6 nitrogen and oxygen atoms in total. The van der Waals surface area contributed by atoms with Gasteiger partial charge in [0.15, 0.2) is 5.78 Å².